The molecule has 0 fully saturated rings. The Morgan fingerprint density at radius 1 is 1.15 bits per heavy atom. The summed E-state index contributed by atoms with van der Waals surface area (Å²) in [6, 6.07) is 12.3. The van der Waals surface area contributed by atoms with Crippen molar-refractivity contribution in [2.45, 2.75) is 36.0 Å². The maximum Gasteiger partial charge on any atom is 0.123 e. The molecule has 0 radical (unpaired) electrons. The Hall–Kier alpha value is -1.49. The molecule has 2 aromatic carbocycles. The third kappa shape index (κ3) is 5.26. The molecule has 3 aromatic rings. The fourth-order valence-electron chi connectivity index (χ4n) is 2.81. The Balaban J connectivity index is 1.79. The van der Waals surface area contributed by atoms with Gasteiger partial charge >= 0.3 is 0 Å². The quantitative estimate of drug-likeness (QED) is 0.414. The van der Waals surface area contributed by atoms with Gasteiger partial charge in [-0.3, -0.25) is 0 Å². The van der Waals surface area contributed by atoms with Crippen molar-refractivity contribution in [2.75, 3.05) is 0 Å². The first-order valence-electron chi connectivity index (χ1n) is 8.28. The number of imidazole rings is 1. The number of hydrogen-bond donors (Lipinski definition) is 0. The van der Waals surface area contributed by atoms with Crippen molar-refractivity contribution in [3.05, 3.63) is 82.6 Å². The predicted octanol–water partition coefficient (Wildman–Crippen LogP) is 6.51. The number of rotatable bonds is 7. The third-order valence-corrected chi connectivity index (χ3v) is 6.24. The smallest absolute Gasteiger partial charge is 0.123 e. The lowest BCUT2D eigenvalue weighted by molar-refractivity contribution is 0.495. The van der Waals surface area contributed by atoms with Gasteiger partial charge in [-0.15, -0.1) is 11.8 Å². The van der Waals surface area contributed by atoms with Gasteiger partial charge in [-0.25, -0.2) is 9.37 Å². The number of aromatic nitrogens is 2. The maximum absolute atomic E-state index is 13.1. The number of halogens is 3. The van der Waals surface area contributed by atoms with Crippen LogP contribution in [0.4, 0.5) is 4.39 Å². The van der Waals surface area contributed by atoms with Gasteiger partial charge in [0.2, 0.25) is 0 Å². The van der Waals surface area contributed by atoms with E-state index in [0.717, 1.165) is 29.8 Å². The summed E-state index contributed by atoms with van der Waals surface area (Å²) in [5.41, 5.74) is 1.12. The molecule has 2 nitrogen and oxygen atoms in total. The number of aryl methyl sites for hydroxylation is 1. The van der Waals surface area contributed by atoms with Crippen molar-refractivity contribution in [3.63, 3.8) is 0 Å². The van der Waals surface area contributed by atoms with Crippen molar-refractivity contribution in [2.24, 2.45) is 0 Å². The van der Waals surface area contributed by atoms with Gasteiger partial charge in [0.25, 0.3) is 0 Å². The normalized spacial score (nSPS) is 13.5. The van der Waals surface area contributed by atoms with Crippen LogP contribution in [0.2, 0.25) is 10.0 Å². The van der Waals surface area contributed by atoms with Gasteiger partial charge in [0, 0.05) is 33.6 Å². The topological polar surface area (TPSA) is 17.8 Å². The SMILES string of the molecule is CC(CCc1ccc(F)cc1)(Cn1ccnc1)Sc1ccc(Cl)cc1Cl. The monoisotopic (exact) mass is 408 g/mol. The zero-order chi connectivity index (χ0) is 18.6. The average Bonchev–Trinajstić information content (AvgIpc) is 3.10. The van der Waals surface area contributed by atoms with Crippen LogP contribution in [0.5, 0.6) is 0 Å². The van der Waals surface area contributed by atoms with E-state index in [1.807, 2.05) is 36.8 Å². The van der Waals surface area contributed by atoms with E-state index in [1.54, 1.807) is 24.0 Å². The Morgan fingerprint density at radius 3 is 2.58 bits per heavy atom. The standard InChI is InChI=1S/C20H19Cl2FN2S/c1-20(13-25-11-10-24-14-25,9-8-15-2-5-17(23)6-3-15)26-19-7-4-16(21)12-18(19)22/h2-7,10-12,14H,8-9,13H2,1H3. The molecular formula is C20H19Cl2FN2S. The summed E-state index contributed by atoms with van der Waals surface area (Å²) >= 11 is 14.1. The molecule has 0 bridgehead atoms. The molecule has 0 saturated heterocycles. The number of hydrogen-bond acceptors (Lipinski definition) is 2. The van der Waals surface area contributed by atoms with Crippen molar-refractivity contribution >= 4 is 35.0 Å². The van der Waals surface area contributed by atoms with Crippen LogP contribution in [-0.4, -0.2) is 14.3 Å². The summed E-state index contributed by atoms with van der Waals surface area (Å²) in [6.45, 7) is 3.00. The Kier molecular flexibility index (Phi) is 6.28. The van der Waals surface area contributed by atoms with Crippen LogP contribution in [0, 0.1) is 5.82 Å². The van der Waals surface area contributed by atoms with Gasteiger partial charge in [0.15, 0.2) is 0 Å². The predicted molar refractivity (Wildman–Crippen MR) is 108 cm³/mol. The first-order chi connectivity index (χ1) is 12.4. The second kappa shape index (κ2) is 8.47. The van der Waals surface area contributed by atoms with Crippen LogP contribution in [0.15, 0.2) is 66.1 Å². The molecule has 6 heteroatoms. The van der Waals surface area contributed by atoms with Gasteiger partial charge in [-0.1, -0.05) is 35.3 Å². The fourth-order valence-corrected chi connectivity index (χ4v) is 4.58. The van der Waals surface area contributed by atoms with Crippen LogP contribution in [0.3, 0.4) is 0 Å². The van der Waals surface area contributed by atoms with Gasteiger partial charge in [0.1, 0.15) is 5.82 Å². The highest BCUT2D eigenvalue weighted by atomic mass is 35.5. The molecule has 0 aliphatic carbocycles. The molecule has 3 rings (SSSR count). The summed E-state index contributed by atoms with van der Waals surface area (Å²) in [5.74, 6) is -0.211. The molecule has 1 aromatic heterocycles. The average molecular weight is 409 g/mol. The highest BCUT2D eigenvalue weighted by Crippen LogP contribution is 2.41. The molecule has 136 valence electrons. The maximum atomic E-state index is 13.1. The van der Waals surface area contributed by atoms with E-state index >= 15 is 0 Å². The van der Waals surface area contributed by atoms with Crippen molar-refractivity contribution in [1.82, 2.24) is 9.55 Å². The summed E-state index contributed by atoms with van der Waals surface area (Å²) in [6.07, 6.45) is 7.31. The molecule has 1 atom stereocenters. The highest BCUT2D eigenvalue weighted by Gasteiger charge is 2.27. The van der Waals surface area contributed by atoms with Crippen molar-refractivity contribution in [1.29, 1.82) is 0 Å². The molecule has 26 heavy (non-hydrogen) atoms. The van der Waals surface area contributed by atoms with E-state index in [0.29, 0.717) is 10.0 Å². The zero-order valence-corrected chi connectivity index (χ0v) is 16.7. The Bertz CT molecular complexity index is 853. The third-order valence-electron chi connectivity index (χ3n) is 4.18. The summed E-state index contributed by atoms with van der Waals surface area (Å²) < 4.78 is 15.1. The highest BCUT2D eigenvalue weighted by molar-refractivity contribution is 8.00. The lowest BCUT2D eigenvalue weighted by atomic mass is 10.00. The molecular weight excluding hydrogens is 390 g/mol. The largest absolute Gasteiger partial charge is 0.336 e. The number of nitrogens with zero attached hydrogens (tertiary/aromatic N) is 2. The van der Waals surface area contributed by atoms with Crippen LogP contribution < -0.4 is 0 Å². The lowest BCUT2D eigenvalue weighted by Gasteiger charge is -2.30. The molecule has 1 unspecified atom stereocenters. The zero-order valence-electron chi connectivity index (χ0n) is 14.3. The van der Waals surface area contributed by atoms with Gasteiger partial charge in [0.05, 0.1) is 11.3 Å². The molecule has 0 spiro atoms. The Morgan fingerprint density at radius 2 is 1.92 bits per heavy atom. The number of thioether (sulfide) groups is 1. The van der Waals surface area contributed by atoms with Crippen LogP contribution >= 0.6 is 35.0 Å². The van der Waals surface area contributed by atoms with Gasteiger partial charge < -0.3 is 4.57 Å². The molecule has 0 amide bonds. The lowest BCUT2D eigenvalue weighted by Crippen LogP contribution is -2.27. The molecule has 0 aliphatic rings. The van der Waals surface area contributed by atoms with E-state index in [1.165, 1.54) is 12.1 Å². The molecule has 0 N–H and O–H groups in total. The minimum Gasteiger partial charge on any atom is -0.336 e. The summed E-state index contributed by atoms with van der Waals surface area (Å²) in [7, 11) is 0. The first-order valence-corrected chi connectivity index (χ1v) is 9.85. The van der Waals surface area contributed by atoms with Crippen molar-refractivity contribution < 1.29 is 4.39 Å². The van der Waals surface area contributed by atoms with E-state index < -0.39 is 0 Å². The van der Waals surface area contributed by atoms with E-state index in [2.05, 4.69) is 16.5 Å². The summed E-state index contributed by atoms with van der Waals surface area (Å²) in [4.78, 5) is 5.14. The van der Waals surface area contributed by atoms with E-state index in [9.17, 15) is 4.39 Å². The van der Waals surface area contributed by atoms with E-state index in [4.69, 9.17) is 23.2 Å². The minimum absolute atomic E-state index is 0.118. The van der Waals surface area contributed by atoms with E-state index in [-0.39, 0.29) is 10.6 Å². The molecule has 0 aliphatic heterocycles. The minimum atomic E-state index is -0.211. The molecule has 1 heterocycles. The number of benzene rings is 2. The van der Waals surface area contributed by atoms with Crippen molar-refractivity contribution in [3.8, 4) is 0 Å². The second-order valence-corrected chi connectivity index (χ2v) is 8.96. The van der Waals surface area contributed by atoms with Crippen LogP contribution in [0.1, 0.15) is 18.9 Å². The molecule has 0 saturated carbocycles. The first kappa shape index (κ1) is 19.3. The summed E-state index contributed by atoms with van der Waals surface area (Å²) in [5, 5.41) is 1.28. The van der Waals surface area contributed by atoms with Gasteiger partial charge in [-0.2, -0.15) is 0 Å². The fraction of sp³-hybridized carbons (Fsp3) is 0.250. The van der Waals surface area contributed by atoms with Crippen LogP contribution in [0.25, 0.3) is 0 Å². The second-order valence-electron chi connectivity index (χ2n) is 6.49. The van der Waals surface area contributed by atoms with Crippen LogP contribution in [-0.2, 0) is 13.0 Å². The Labute approximate surface area is 167 Å². The van der Waals surface area contributed by atoms with Gasteiger partial charge in [-0.05, 0) is 55.7 Å².